The summed E-state index contributed by atoms with van der Waals surface area (Å²) in [4.78, 5) is 24.9. The molecule has 0 bridgehead atoms. The van der Waals surface area contributed by atoms with Crippen LogP contribution in [0.15, 0.2) is 110 Å². The number of carbonyl (C=O) groups excluding carboxylic acids is 1. The largest absolute Gasteiger partial charge is 0.371 e. The minimum Gasteiger partial charge on any atom is -0.371 e. The maximum Gasteiger partial charge on any atom is 0.183 e. The lowest BCUT2D eigenvalue weighted by molar-refractivity contribution is -0.111. The van der Waals surface area contributed by atoms with Gasteiger partial charge in [-0.05, 0) is 92.5 Å². The van der Waals surface area contributed by atoms with Gasteiger partial charge in [-0.1, -0.05) is 51.2 Å². The summed E-state index contributed by atoms with van der Waals surface area (Å²) >= 11 is 0. The quantitative estimate of drug-likeness (QED) is 0.111. The summed E-state index contributed by atoms with van der Waals surface area (Å²) in [5.74, 6) is 0.106. The number of aliphatic imine (C=N–C) groups is 2. The Hall–Kier alpha value is -3.49. The molecule has 1 saturated heterocycles. The molecule has 0 aromatic heterocycles. The molecule has 3 aliphatic rings. The normalized spacial score (nSPS) is 23.2. The fraction of sp³-hybridized carbons (Fsp3) is 0.429. The van der Waals surface area contributed by atoms with Crippen LogP contribution in [0.3, 0.4) is 0 Å². The van der Waals surface area contributed by atoms with E-state index in [1.165, 1.54) is 27.9 Å². The second kappa shape index (κ2) is 14.1. The zero-order chi connectivity index (χ0) is 28.5. The molecule has 1 unspecified atom stereocenters. The van der Waals surface area contributed by atoms with E-state index in [0.717, 1.165) is 56.6 Å². The van der Waals surface area contributed by atoms with Gasteiger partial charge in [0.25, 0.3) is 0 Å². The average Bonchev–Trinajstić information content (AvgIpc) is 3.24. The SMILES string of the molecule is C=C1CCCN(C(/C=C\C2=NC(C(/C=C3/C(CCC)=C=C(C)C(C)=CC3C)=N/C)=CC(=O)C(=C)C2)=C/C)CC1. The van der Waals surface area contributed by atoms with Gasteiger partial charge in [0.1, 0.15) is 0 Å². The molecule has 0 saturated carbocycles. The highest BCUT2D eigenvalue weighted by Gasteiger charge is 2.20. The molecule has 2 heterocycles. The average molecular weight is 524 g/mol. The van der Waals surface area contributed by atoms with E-state index in [1.54, 1.807) is 13.1 Å². The van der Waals surface area contributed by atoms with E-state index < -0.39 is 0 Å². The highest BCUT2D eigenvalue weighted by molar-refractivity contribution is 6.19. The summed E-state index contributed by atoms with van der Waals surface area (Å²) < 4.78 is 0. The molecule has 0 spiro atoms. The van der Waals surface area contributed by atoms with Crippen molar-refractivity contribution in [2.75, 3.05) is 20.1 Å². The third kappa shape index (κ3) is 8.00. The molecule has 0 amide bonds. The highest BCUT2D eigenvalue weighted by Crippen LogP contribution is 2.31. The first-order valence-corrected chi connectivity index (χ1v) is 14.3. The van der Waals surface area contributed by atoms with Gasteiger partial charge in [-0.25, -0.2) is 0 Å². The zero-order valence-electron chi connectivity index (χ0n) is 24.9. The Labute approximate surface area is 236 Å². The van der Waals surface area contributed by atoms with Gasteiger partial charge in [0.15, 0.2) is 5.78 Å². The predicted octanol–water partition coefficient (Wildman–Crippen LogP) is 8.21. The van der Waals surface area contributed by atoms with Crippen LogP contribution in [-0.4, -0.2) is 42.2 Å². The number of rotatable bonds is 7. The van der Waals surface area contributed by atoms with Crippen molar-refractivity contribution in [3.63, 3.8) is 0 Å². The van der Waals surface area contributed by atoms with Crippen LogP contribution in [-0.2, 0) is 4.79 Å². The minimum absolute atomic E-state index is 0.0984. The van der Waals surface area contributed by atoms with Crippen LogP contribution in [0.2, 0.25) is 0 Å². The lowest BCUT2D eigenvalue weighted by Gasteiger charge is -2.23. The lowest BCUT2D eigenvalue weighted by atomic mass is 9.90. The fourth-order valence-electron chi connectivity index (χ4n) is 5.20. The van der Waals surface area contributed by atoms with E-state index in [1.807, 2.05) is 6.08 Å². The smallest absolute Gasteiger partial charge is 0.183 e. The second-order valence-corrected chi connectivity index (χ2v) is 10.7. The Balaban J connectivity index is 1.99. The van der Waals surface area contributed by atoms with E-state index in [-0.39, 0.29) is 11.7 Å². The number of likely N-dealkylation sites (tertiary alicyclic amines) is 1. The first kappa shape index (κ1) is 30.1. The fourth-order valence-corrected chi connectivity index (χ4v) is 5.20. The first-order chi connectivity index (χ1) is 18.7. The molecule has 0 N–H and O–H groups in total. The van der Waals surface area contributed by atoms with Gasteiger partial charge in [0, 0.05) is 50.0 Å². The summed E-state index contributed by atoms with van der Waals surface area (Å²) in [5.41, 5.74) is 13.5. The van der Waals surface area contributed by atoms with Gasteiger partial charge >= 0.3 is 0 Å². The predicted molar refractivity (Wildman–Crippen MR) is 167 cm³/mol. The third-order valence-corrected chi connectivity index (χ3v) is 7.64. The molecule has 1 fully saturated rings. The zero-order valence-corrected chi connectivity index (χ0v) is 24.9. The van der Waals surface area contributed by atoms with Gasteiger partial charge in [-0.15, -0.1) is 5.73 Å². The van der Waals surface area contributed by atoms with Crippen molar-refractivity contribution >= 4 is 17.2 Å². The van der Waals surface area contributed by atoms with Gasteiger partial charge in [-0.3, -0.25) is 14.8 Å². The number of hydrogen-bond donors (Lipinski definition) is 0. The van der Waals surface area contributed by atoms with Crippen LogP contribution in [0.1, 0.15) is 73.1 Å². The van der Waals surface area contributed by atoms with Crippen LogP contribution < -0.4 is 0 Å². The van der Waals surface area contributed by atoms with Crippen molar-refractivity contribution in [3.05, 3.63) is 100 Å². The van der Waals surface area contributed by atoms with Crippen LogP contribution >= 0.6 is 0 Å². The highest BCUT2D eigenvalue weighted by atomic mass is 16.1. The topological polar surface area (TPSA) is 45.0 Å². The summed E-state index contributed by atoms with van der Waals surface area (Å²) in [6.07, 6.45) is 17.9. The van der Waals surface area contributed by atoms with Crippen LogP contribution in [0, 0.1) is 5.92 Å². The van der Waals surface area contributed by atoms with Gasteiger partial charge in [0.05, 0.1) is 11.4 Å². The standard InChI is InChI=1S/C35H45N3O/c1-9-12-29-20-26(5)25(4)19-27(6)32(29)22-33(36-8)34-23-35(39)28(7)21-30(37-34)14-15-31(10-2)38-17-11-13-24(3)16-18-38/h10,14-15,19,22-23,27H,3,7,9,11-13,16-18,21H2,1-2,4-6,8H3/b15-14-,31-10+,32-22+,36-33+. The Kier molecular flexibility index (Phi) is 10.8. The molecule has 4 heteroatoms. The molecule has 0 radical (unpaired) electrons. The van der Waals surface area contributed by atoms with Gasteiger partial charge < -0.3 is 4.90 Å². The maximum absolute atomic E-state index is 13.0. The summed E-state index contributed by atoms with van der Waals surface area (Å²) in [7, 11) is 1.76. The minimum atomic E-state index is -0.0984. The Morgan fingerprint density at radius 2 is 2.03 bits per heavy atom. The summed E-state index contributed by atoms with van der Waals surface area (Å²) in [6, 6.07) is 0. The number of carbonyl (C=O) groups is 1. The molecule has 1 aliphatic carbocycles. The summed E-state index contributed by atoms with van der Waals surface area (Å²) in [6.45, 7) is 21.0. The Bertz CT molecular complexity index is 1300. The van der Waals surface area contributed by atoms with Crippen LogP contribution in [0.25, 0.3) is 0 Å². The molecule has 2 aliphatic heterocycles. The van der Waals surface area contributed by atoms with Crippen LogP contribution in [0.5, 0.6) is 0 Å². The molecule has 39 heavy (non-hydrogen) atoms. The molecule has 0 aromatic rings. The molecular formula is C35H45N3O. The first-order valence-electron chi connectivity index (χ1n) is 14.3. The third-order valence-electron chi connectivity index (χ3n) is 7.64. The molecule has 0 aromatic carbocycles. The van der Waals surface area contributed by atoms with E-state index in [4.69, 9.17) is 4.99 Å². The van der Waals surface area contributed by atoms with Crippen LogP contribution in [0.4, 0.5) is 0 Å². The summed E-state index contributed by atoms with van der Waals surface area (Å²) in [5, 5.41) is 0. The van der Waals surface area contributed by atoms with E-state index in [9.17, 15) is 4.79 Å². The second-order valence-electron chi connectivity index (χ2n) is 10.7. The van der Waals surface area contributed by atoms with Crippen molar-refractivity contribution in [2.45, 2.75) is 73.1 Å². The monoisotopic (exact) mass is 523 g/mol. The molecular weight excluding hydrogens is 478 g/mol. The Morgan fingerprint density at radius 1 is 1.26 bits per heavy atom. The van der Waals surface area contributed by atoms with E-state index in [2.05, 4.69) is 87.7 Å². The van der Waals surface area contributed by atoms with Crippen molar-refractivity contribution in [2.24, 2.45) is 15.9 Å². The molecule has 1 atom stereocenters. The lowest BCUT2D eigenvalue weighted by Crippen LogP contribution is -2.23. The van der Waals surface area contributed by atoms with E-state index in [0.29, 0.717) is 23.4 Å². The molecule has 4 nitrogen and oxygen atoms in total. The van der Waals surface area contributed by atoms with Crippen molar-refractivity contribution < 1.29 is 4.79 Å². The van der Waals surface area contributed by atoms with E-state index >= 15 is 0 Å². The van der Waals surface area contributed by atoms with Gasteiger partial charge in [-0.2, -0.15) is 0 Å². The Morgan fingerprint density at radius 3 is 2.72 bits per heavy atom. The van der Waals surface area contributed by atoms with Crippen molar-refractivity contribution in [1.29, 1.82) is 0 Å². The number of hydrogen-bond acceptors (Lipinski definition) is 4. The van der Waals surface area contributed by atoms with Crippen molar-refractivity contribution in [1.82, 2.24) is 4.90 Å². The number of allylic oxidation sites excluding steroid dienone is 10. The van der Waals surface area contributed by atoms with Gasteiger partial charge in [0.2, 0.25) is 0 Å². The number of nitrogens with zero attached hydrogens (tertiary/aromatic N) is 3. The van der Waals surface area contributed by atoms with Crippen molar-refractivity contribution in [3.8, 4) is 0 Å². The molecule has 206 valence electrons. The molecule has 3 rings (SSSR count). The number of ketones is 1. The maximum atomic E-state index is 13.0.